The number of pyridine rings is 1. The molecule has 1 fully saturated rings. The van der Waals surface area contributed by atoms with Crippen molar-refractivity contribution < 1.29 is 13.2 Å². The van der Waals surface area contributed by atoms with Crippen LogP contribution in [0.4, 0.5) is 0 Å². The van der Waals surface area contributed by atoms with Crippen LogP contribution in [0.2, 0.25) is 5.15 Å². The maximum atomic E-state index is 12.4. The Morgan fingerprint density at radius 2 is 2.25 bits per heavy atom. The highest BCUT2D eigenvalue weighted by molar-refractivity contribution is 9.10. The van der Waals surface area contributed by atoms with Gasteiger partial charge in [-0.3, -0.25) is 0 Å². The number of nitrogens with zero attached hydrogens (tertiary/aromatic N) is 1. The van der Waals surface area contributed by atoms with Crippen molar-refractivity contribution >= 4 is 37.6 Å². The Hall–Kier alpha value is -0.210. The van der Waals surface area contributed by atoms with Gasteiger partial charge in [-0.15, -0.1) is 0 Å². The summed E-state index contributed by atoms with van der Waals surface area (Å²) in [4.78, 5) is 3.83. The molecule has 0 aliphatic carbocycles. The molecule has 8 heteroatoms. The van der Waals surface area contributed by atoms with Crippen LogP contribution in [0, 0.1) is 0 Å². The van der Waals surface area contributed by atoms with E-state index in [1.807, 2.05) is 13.8 Å². The number of hydrogen-bond donors (Lipinski definition) is 1. The molecule has 1 aromatic rings. The number of sulfonamides is 1. The van der Waals surface area contributed by atoms with Crippen LogP contribution in [0.25, 0.3) is 0 Å². The van der Waals surface area contributed by atoms with E-state index in [0.29, 0.717) is 23.9 Å². The molecule has 20 heavy (non-hydrogen) atoms. The Labute approximate surface area is 132 Å². The average Bonchev–Trinajstić information content (AvgIpc) is 2.30. The minimum absolute atomic E-state index is 0.0159. The first kappa shape index (κ1) is 16.2. The second kappa shape index (κ2) is 5.88. The predicted octanol–water partition coefficient (Wildman–Crippen LogP) is 2.73. The molecule has 0 aromatic carbocycles. The molecule has 2 heterocycles. The SMILES string of the molecule is CC1(C)CC(NS(=O)(=O)c2cc(Br)cnc2Cl)CCO1. The summed E-state index contributed by atoms with van der Waals surface area (Å²) in [6.07, 6.45) is 2.71. The molecule has 1 aromatic heterocycles. The van der Waals surface area contributed by atoms with Crippen LogP contribution in [0.1, 0.15) is 26.7 Å². The van der Waals surface area contributed by atoms with Gasteiger partial charge in [0.1, 0.15) is 10.0 Å². The van der Waals surface area contributed by atoms with Crippen molar-refractivity contribution in [2.45, 2.75) is 43.2 Å². The van der Waals surface area contributed by atoms with Gasteiger partial charge in [-0.25, -0.2) is 18.1 Å². The zero-order valence-electron chi connectivity index (χ0n) is 11.2. The average molecular weight is 384 g/mol. The Bertz CT molecular complexity index is 607. The van der Waals surface area contributed by atoms with Crippen molar-refractivity contribution in [3.05, 3.63) is 21.9 Å². The molecule has 5 nitrogen and oxygen atoms in total. The van der Waals surface area contributed by atoms with Gasteiger partial charge < -0.3 is 4.74 Å². The van der Waals surface area contributed by atoms with Gasteiger partial charge in [0.25, 0.3) is 0 Å². The first-order valence-corrected chi connectivity index (χ1v) is 8.82. The van der Waals surface area contributed by atoms with Crippen molar-refractivity contribution in [2.24, 2.45) is 0 Å². The molecule has 112 valence electrons. The first-order valence-electron chi connectivity index (χ1n) is 6.17. The Balaban J connectivity index is 2.21. The van der Waals surface area contributed by atoms with E-state index in [0.717, 1.165) is 0 Å². The third kappa shape index (κ3) is 3.92. The highest BCUT2D eigenvalue weighted by atomic mass is 79.9. The fraction of sp³-hybridized carbons (Fsp3) is 0.583. The summed E-state index contributed by atoms with van der Waals surface area (Å²) in [5.74, 6) is 0. The highest BCUT2D eigenvalue weighted by Crippen LogP contribution is 2.27. The maximum Gasteiger partial charge on any atom is 0.243 e. The normalized spacial score (nSPS) is 22.7. The van der Waals surface area contributed by atoms with Crippen LogP contribution < -0.4 is 4.72 Å². The smallest absolute Gasteiger partial charge is 0.243 e. The lowest BCUT2D eigenvalue weighted by molar-refractivity contribution is -0.0599. The lowest BCUT2D eigenvalue weighted by Crippen LogP contribution is -2.45. The van der Waals surface area contributed by atoms with Crippen molar-refractivity contribution in [1.82, 2.24) is 9.71 Å². The van der Waals surface area contributed by atoms with Gasteiger partial charge in [-0.05, 0) is 48.7 Å². The zero-order valence-corrected chi connectivity index (χ0v) is 14.3. The number of hydrogen-bond acceptors (Lipinski definition) is 4. The van der Waals surface area contributed by atoms with Crippen LogP contribution in [0.3, 0.4) is 0 Å². The maximum absolute atomic E-state index is 12.4. The molecular weight excluding hydrogens is 368 g/mol. The Kier molecular flexibility index (Phi) is 4.76. The first-order chi connectivity index (χ1) is 9.20. The minimum atomic E-state index is -3.69. The summed E-state index contributed by atoms with van der Waals surface area (Å²) < 4.78 is 33.6. The zero-order chi connectivity index (χ0) is 15.0. The van der Waals surface area contributed by atoms with Gasteiger partial charge in [-0.2, -0.15) is 0 Å². The van der Waals surface area contributed by atoms with Crippen molar-refractivity contribution in [2.75, 3.05) is 6.61 Å². The van der Waals surface area contributed by atoms with Crippen molar-refractivity contribution in [3.63, 3.8) is 0 Å². The van der Waals surface area contributed by atoms with Crippen LogP contribution in [0.5, 0.6) is 0 Å². The molecule has 0 spiro atoms. The molecule has 1 unspecified atom stereocenters. The Morgan fingerprint density at radius 3 is 2.90 bits per heavy atom. The molecule has 0 amide bonds. The van der Waals surface area contributed by atoms with Gasteiger partial charge in [-0.1, -0.05) is 11.6 Å². The van der Waals surface area contributed by atoms with E-state index in [1.54, 1.807) is 0 Å². The van der Waals surface area contributed by atoms with Gasteiger partial charge in [0, 0.05) is 23.3 Å². The number of nitrogens with one attached hydrogen (secondary N) is 1. The lowest BCUT2D eigenvalue weighted by Gasteiger charge is -2.35. The third-order valence-electron chi connectivity index (χ3n) is 3.08. The molecule has 0 radical (unpaired) electrons. The van der Waals surface area contributed by atoms with Crippen LogP contribution >= 0.6 is 27.5 Å². The van der Waals surface area contributed by atoms with E-state index in [4.69, 9.17) is 16.3 Å². The van der Waals surface area contributed by atoms with E-state index >= 15 is 0 Å². The number of halogens is 2. The fourth-order valence-electron chi connectivity index (χ4n) is 2.21. The molecule has 1 aliphatic heterocycles. The third-order valence-corrected chi connectivity index (χ3v) is 5.46. The summed E-state index contributed by atoms with van der Waals surface area (Å²) in [6.45, 7) is 4.42. The Morgan fingerprint density at radius 1 is 1.55 bits per heavy atom. The van der Waals surface area contributed by atoms with E-state index in [1.165, 1.54) is 12.3 Å². The summed E-state index contributed by atoms with van der Waals surface area (Å²) in [7, 11) is -3.69. The number of aromatic nitrogens is 1. The molecule has 2 rings (SSSR count). The van der Waals surface area contributed by atoms with Gasteiger partial charge >= 0.3 is 0 Å². The van der Waals surface area contributed by atoms with Crippen molar-refractivity contribution in [3.8, 4) is 0 Å². The van der Waals surface area contributed by atoms with Crippen molar-refractivity contribution in [1.29, 1.82) is 0 Å². The second-order valence-corrected chi connectivity index (χ2v) is 8.32. The molecule has 1 aliphatic rings. The van der Waals surface area contributed by atoms with Gasteiger partial charge in [0.05, 0.1) is 5.60 Å². The van der Waals surface area contributed by atoms with Crippen LogP contribution in [-0.2, 0) is 14.8 Å². The summed E-state index contributed by atoms with van der Waals surface area (Å²) in [5.41, 5.74) is -0.329. The molecule has 0 bridgehead atoms. The molecular formula is C12H16BrClN2O3S. The molecule has 1 N–H and O–H groups in total. The summed E-state index contributed by atoms with van der Waals surface area (Å²) in [6, 6.07) is 1.28. The lowest BCUT2D eigenvalue weighted by atomic mass is 9.95. The highest BCUT2D eigenvalue weighted by Gasteiger charge is 2.32. The van der Waals surface area contributed by atoms with Gasteiger partial charge in [0.2, 0.25) is 10.0 Å². The quantitative estimate of drug-likeness (QED) is 0.815. The number of ether oxygens (including phenoxy) is 1. The monoisotopic (exact) mass is 382 g/mol. The van der Waals surface area contributed by atoms with E-state index in [2.05, 4.69) is 25.6 Å². The van der Waals surface area contributed by atoms with E-state index in [-0.39, 0.29) is 21.7 Å². The van der Waals surface area contributed by atoms with Gasteiger partial charge in [0.15, 0.2) is 0 Å². The van der Waals surface area contributed by atoms with E-state index < -0.39 is 10.0 Å². The molecule has 1 atom stereocenters. The summed E-state index contributed by atoms with van der Waals surface area (Å²) in [5, 5.41) is -0.0352. The fourth-order valence-corrected chi connectivity index (χ4v) is 4.42. The largest absolute Gasteiger partial charge is 0.375 e. The standard InChI is InChI=1S/C12H16BrClN2O3S/c1-12(2)6-9(3-4-19-12)16-20(17,18)10-5-8(13)7-15-11(10)14/h5,7,9,16H,3-4,6H2,1-2H3. The molecule has 0 saturated carbocycles. The van der Waals surface area contributed by atoms with Crippen LogP contribution in [-0.4, -0.2) is 31.7 Å². The number of rotatable bonds is 3. The predicted molar refractivity (Wildman–Crippen MR) is 80.3 cm³/mol. The summed E-state index contributed by atoms with van der Waals surface area (Å²) >= 11 is 9.08. The van der Waals surface area contributed by atoms with E-state index in [9.17, 15) is 8.42 Å². The second-order valence-electron chi connectivity index (χ2n) is 5.36. The topological polar surface area (TPSA) is 68.3 Å². The van der Waals surface area contributed by atoms with Crippen LogP contribution in [0.15, 0.2) is 21.6 Å². The minimum Gasteiger partial charge on any atom is -0.375 e. The molecule has 1 saturated heterocycles.